The number of thiol groups is 1. The van der Waals surface area contributed by atoms with Crippen LogP contribution in [0.25, 0.3) is 22.5 Å². The molecule has 0 saturated heterocycles. The van der Waals surface area contributed by atoms with E-state index in [4.69, 9.17) is 10.6 Å². The van der Waals surface area contributed by atoms with Gasteiger partial charge in [-0.3, -0.25) is 19.1 Å². The second-order valence-corrected chi connectivity index (χ2v) is 13.5. The number of aromatic nitrogens is 3. The van der Waals surface area contributed by atoms with Crippen molar-refractivity contribution >= 4 is 42.2 Å². The summed E-state index contributed by atoms with van der Waals surface area (Å²) in [6, 6.07) is 23.6. The van der Waals surface area contributed by atoms with Crippen LogP contribution in [0.15, 0.2) is 72.8 Å². The lowest BCUT2D eigenvalue weighted by atomic mass is 9.95. The van der Waals surface area contributed by atoms with E-state index in [-0.39, 0.29) is 17.5 Å². The average Bonchev–Trinajstić information content (AvgIpc) is 3.52. The molecule has 50 heavy (non-hydrogen) atoms. The molecule has 4 aromatic rings. The van der Waals surface area contributed by atoms with E-state index in [1.165, 1.54) is 6.92 Å². The van der Waals surface area contributed by atoms with Crippen LogP contribution in [0.2, 0.25) is 0 Å². The summed E-state index contributed by atoms with van der Waals surface area (Å²) in [6.45, 7) is 4.03. The summed E-state index contributed by atoms with van der Waals surface area (Å²) in [6.07, 6.45) is 3.75. The van der Waals surface area contributed by atoms with Crippen molar-refractivity contribution in [2.24, 2.45) is 0 Å². The molecule has 1 aliphatic heterocycles. The Morgan fingerprint density at radius 1 is 0.920 bits per heavy atom. The normalized spacial score (nSPS) is 13.6. The Labute approximate surface area is 301 Å². The molecule has 1 amide bonds. The first-order chi connectivity index (χ1) is 24.7. The van der Waals surface area contributed by atoms with E-state index in [2.05, 4.69) is 29.1 Å². The minimum absolute atomic E-state index is 0.00383. The minimum Gasteiger partial charge on any atom is -0.382 e. The van der Waals surface area contributed by atoms with Gasteiger partial charge in [0.15, 0.2) is 0 Å². The van der Waals surface area contributed by atoms with E-state index in [1.807, 2.05) is 76.3 Å². The largest absolute Gasteiger partial charge is 0.382 e. The predicted molar refractivity (Wildman–Crippen MR) is 201 cm³/mol. The smallest absolute Gasteiger partial charge is 0.227 e. The SMILES string of the molecule is [3H]S(=P)N[C@@H](Cc1ccc(Cn2nnc3c2-c2ccccc2CN(C(=O)CCCCC(=O)CCCOCCOC)c2ccccc2-3)cc1)C(C)=O. The van der Waals surface area contributed by atoms with Crippen molar-refractivity contribution in [3.8, 4) is 22.5 Å². The van der Waals surface area contributed by atoms with Crippen LogP contribution in [-0.4, -0.2) is 66.6 Å². The molecule has 10 nitrogen and oxygen atoms in total. The molecule has 12 heteroatoms. The summed E-state index contributed by atoms with van der Waals surface area (Å²) >= 11 is -0.988. The third-order valence-corrected chi connectivity index (χ3v) is 9.60. The Morgan fingerprint density at radius 3 is 2.38 bits per heavy atom. The van der Waals surface area contributed by atoms with Gasteiger partial charge in [-0.25, -0.2) is 4.68 Å². The Balaban J connectivity index is 1.30. The number of fused-ring (bicyclic) bond motifs is 5. The number of hydrogen-bond donors (Lipinski definition) is 2. The van der Waals surface area contributed by atoms with Gasteiger partial charge in [0.05, 0.1) is 43.7 Å². The number of nitrogens with zero attached hydrogens (tertiary/aromatic N) is 4. The van der Waals surface area contributed by atoms with Crippen molar-refractivity contribution in [2.75, 3.05) is 31.8 Å². The van der Waals surface area contributed by atoms with Gasteiger partial charge in [0.2, 0.25) is 5.91 Å². The third kappa shape index (κ3) is 9.89. The van der Waals surface area contributed by atoms with Crippen molar-refractivity contribution in [2.45, 2.75) is 71.0 Å². The monoisotopic (exact) mass is 717 g/mol. The molecule has 0 fully saturated rings. The van der Waals surface area contributed by atoms with Gasteiger partial charge in [0.1, 0.15) is 18.4 Å². The number of methoxy groups -OCH3 is 1. The van der Waals surface area contributed by atoms with Crippen LogP contribution >= 0.6 is 8.02 Å². The van der Waals surface area contributed by atoms with Gasteiger partial charge in [-0.05, 0) is 55.4 Å². The molecule has 0 radical (unpaired) electrons. The fraction of sp³-hybridized carbons (Fsp3) is 0.395. The Bertz CT molecular complexity index is 1840. The number of carbonyl (C=O) groups excluding carboxylic acids is 3. The molecule has 2 heterocycles. The number of carbonyl (C=O) groups is 3. The van der Waals surface area contributed by atoms with Crippen LogP contribution < -0.4 is 9.62 Å². The molecule has 1 N–H and O–H groups in total. The van der Waals surface area contributed by atoms with Gasteiger partial charge in [-0.2, -0.15) is 0 Å². The highest BCUT2D eigenvalue weighted by molar-refractivity contribution is 8.00. The maximum atomic E-state index is 13.9. The van der Waals surface area contributed by atoms with Crippen LogP contribution in [0.4, 0.5) is 5.69 Å². The van der Waals surface area contributed by atoms with Gasteiger partial charge < -0.3 is 14.4 Å². The standard InChI is InChI=1S/C38H46N5O5PS/c1-27(44)34(40-50-49)24-28-17-19-29(20-18-28)25-43-38-32-13-5-3-10-30(32)26-42(35-15-7-6-14-33(35)37(38)39-41-43)36(46)16-8-4-11-31(45)12-9-21-48-23-22-47-2/h3,5-7,10,13-15,17-20,34,40,49-50H,4,8-9,11-12,16,21-26H2,1-2H3/t34-/m0/s1/i50T. The van der Waals surface area contributed by atoms with Crippen molar-refractivity contribution in [3.05, 3.63) is 89.5 Å². The zero-order valence-corrected chi connectivity index (χ0v) is 30.5. The molecule has 2 atom stereocenters. The second-order valence-electron chi connectivity index (χ2n) is 12.5. The number of ether oxygens (including phenoxy) is 2. The molecule has 5 rings (SSSR count). The second kappa shape index (κ2) is 18.9. The average molecular weight is 718 g/mol. The number of Topliss-reactive ketones (excluding diaryl/α,β-unsaturated/α-hetero) is 2. The molecular weight excluding hydrogens is 669 g/mol. The van der Waals surface area contributed by atoms with E-state index in [9.17, 15) is 14.4 Å². The van der Waals surface area contributed by atoms with Crippen molar-refractivity contribution in [1.29, 1.82) is 1.12 Å². The summed E-state index contributed by atoms with van der Waals surface area (Å²) in [5.41, 5.74) is 7.19. The topological polar surface area (TPSA) is 116 Å². The molecule has 1 aromatic heterocycles. The molecule has 0 bridgehead atoms. The fourth-order valence-corrected chi connectivity index (χ4v) is 6.97. The minimum atomic E-state index is -0.988. The van der Waals surface area contributed by atoms with Crippen LogP contribution in [0.3, 0.4) is 0 Å². The molecule has 264 valence electrons. The summed E-state index contributed by atoms with van der Waals surface area (Å²) < 4.78 is 23.1. The van der Waals surface area contributed by atoms with Gasteiger partial charge in [-0.1, -0.05) is 80.0 Å². The summed E-state index contributed by atoms with van der Waals surface area (Å²) in [5.74, 6) is 0.188. The highest BCUT2D eigenvalue weighted by atomic mass is 32.5. The van der Waals surface area contributed by atoms with Gasteiger partial charge in [-0.15, -0.1) is 16.1 Å². The van der Waals surface area contributed by atoms with E-state index < -0.39 is 17.1 Å². The van der Waals surface area contributed by atoms with Gasteiger partial charge in [0.25, 0.3) is 0 Å². The van der Waals surface area contributed by atoms with Crippen molar-refractivity contribution in [3.63, 3.8) is 0 Å². The maximum Gasteiger partial charge on any atom is 0.227 e. The van der Waals surface area contributed by atoms with Crippen LogP contribution in [0.1, 0.15) is 62.1 Å². The number of para-hydroxylation sites is 1. The van der Waals surface area contributed by atoms with Crippen LogP contribution in [0, 0.1) is 0 Å². The number of rotatable bonds is 19. The summed E-state index contributed by atoms with van der Waals surface area (Å²) in [5, 5.41) is 9.31. The predicted octanol–water partition coefficient (Wildman–Crippen LogP) is 5.96. The van der Waals surface area contributed by atoms with Crippen molar-refractivity contribution in [1.82, 2.24) is 19.7 Å². The lowest BCUT2D eigenvalue weighted by molar-refractivity contribution is -0.121. The highest BCUT2D eigenvalue weighted by Crippen LogP contribution is 2.41. The maximum absolute atomic E-state index is 13.9. The highest BCUT2D eigenvalue weighted by Gasteiger charge is 2.29. The van der Waals surface area contributed by atoms with Crippen LogP contribution in [0.5, 0.6) is 0 Å². The lowest BCUT2D eigenvalue weighted by Gasteiger charge is -2.28. The molecule has 1 aliphatic rings. The molecule has 0 aliphatic carbocycles. The van der Waals surface area contributed by atoms with Crippen LogP contribution in [-0.2, 0) is 54.4 Å². The molecular formula is C38H46N5O5PS. The number of benzene rings is 3. The van der Waals surface area contributed by atoms with E-state index in [0.717, 1.165) is 39.2 Å². The molecule has 3 aromatic carbocycles. The molecule has 0 spiro atoms. The van der Waals surface area contributed by atoms with Crippen molar-refractivity contribution < 1.29 is 23.9 Å². The number of ketones is 2. The first kappa shape index (κ1) is 35.9. The first-order valence-corrected chi connectivity index (χ1v) is 19.1. The Morgan fingerprint density at radius 2 is 1.62 bits per heavy atom. The first-order valence-electron chi connectivity index (χ1n) is 17.5. The number of nitrogens with one attached hydrogen (secondary N) is 1. The summed E-state index contributed by atoms with van der Waals surface area (Å²) in [4.78, 5) is 40.2. The third-order valence-electron chi connectivity index (χ3n) is 8.85. The fourth-order valence-electron chi connectivity index (χ4n) is 6.15. The Kier molecular flexibility index (Phi) is 13.6. The summed E-state index contributed by atoms with van der Waals surface area (Å²) in [7, 11) is 4.87. The Hall–Kier alpha value is -3.86. The van der Waals surface area contributed by atoms with E-state index in [1.54, 1.807) is 7.11 Å². The lowest BCUT2D eigenvalue weighted by Crippen LogP contribution is -2.34. The number of anilines is 1. The van der Waals surface area contributed by atoms with E-state index >= 15 is 0 Å². The quantitative estimate of drug-likeness (QED) is 0.0695. The van der Waals surface area contributed by atoms with Gasteiger partial charge in [0, 0.05) is 44.1 Å². The number of hydrogen-bond acceptors (Lipinski definition) is 7. The zero-order valence-electron chi connectivity index (χ0n) is 29.7. The van der Waals surface area contributed by atoms with Gasteiger partial charge >= 0.3 is 0 Å². The molecule has 1 unspecified atom stereocenters. The number of unbranched alkanes of at least 4 members (excludes halogenated alkanes) is 1. The van der Waals surface area contributed by atoms with E-state index in [0.29, 0.717) is 83.5 Å². The number of amides is 1. The molecule has 0 saturated carbocycles. The zero-order chi connectivity index (χ0) is 36.2.